The van der Waals surface area contributed by atoms with Crippen LogP contribution in [0, 0.1) is 0 Å². The van der Waals surface area contributed by atoms with Crippen molar-refractivity contribution < 1.29 is 0 Å². The third-order valence-electron chi connectivity index (χ3n) is 3.24. The van der Waals surface area contributed by atoms with Gasteiger partial charge in [0.05, 0.1) is 16.6 Å². The minimum atomic E-state index is 0.993. The van der Waals surface area contributed by atoms with Gasteiger partial charge in [-0.1, -0.05) is 24.3 Å². The monoisotopic (exact) mass is 230 g/mol. The highest BCUT2D eigenvalue weighted by atomic mass is 14.7. The van der Waals surface area contributed by atoms with Crippen molar-refractivity contribution in [2.45, 2.75) is 0 Å². The highest BCUT2D eigenvalue weighted by molar-refractivity contribution is 5.99. The first-order valence-electron chi connectivity index (χ1n) is 5.94. The lowest BCUT2D eigenvalue weighted by Gasteiger charge is -2.03. The van der Waals surface area contributed by atoms with Crippen LogP contribution in [0.5, 0.6) is 0 Å². The molecule has 0 aliphatic carbocycles. The number of rotatable bonds is 0. The van der Waals surface area contributed by atoms with Crippen LogP contribution >= 0.6 is 0 Å². The van der Waals surface area contributed by atoms with Crippen LogP contribution in [0.2, 0.25) is 0 Å². The van der Waals surface area contributed by atoms with Gasteiger partial charge in [-0.2, -0.15) is 0 Å². The van der Waals surface area contributed by atoms with Gasteiger partial charge in [0.25, 0.3) is 0 Å². The van der Waals surface area contributed by atoms with Gasteiger partial charge in [0.15, 0.2) is 0 Å². The Morgan fingerprint density at radius 3 is 2.33 bits per heavy atom. The minimum absolute atomic E-state index is 0.993. The number of nitrogens with zero attached hydrogens (tertiary/aromatic N) is 2. The zero-order valence-corrected chi connectivity index (χ0v) is 9.67. The number of hydrogen-bond acceptors (Lipinski definition) is 2. The van der Waals surface area contributed by atoms with E-state index in [-0.39, 0.29) is 0 Å². The van der Waals surface area contributed by atoms with Crippen LogP contribution in [0.25, 0.3) is 32.7 Å². The quantitative estimate of drug-likeness (QED) is 0.428. The topological polar surface area (TPSA) is 25.8 Å². The molecule has 0 atom stereocenters. The molecule has 0 unspecified atom stereocenters. The summed E-state index contributed by atoms with van der Waals surface area (Å²) in [6, 6.07) is 18.6. The van der Waals surface area contributed by atoms with Crippen molar-refractivity contribution in [3.8, 4) is 0 Å². The molecule has 4 rings (SSSR count). The molecule has 0 aliphatic rings. The molecule has 0 fully saturated rings. The van der Waals surface area contributed by atoms with Gasteiger partial charge < -0.3 is 0 Å². The van der Waals surface area contributed by atoms with Crippen LogP contribution < -0.4 is 0 Å². The summed E-state index contributed by atoms with van der Waals surface area (Å²) >= 11 is 0. The maximum Gasteiger partial charge on any atom is 0.0731 e. The summed E-state index contributed by atoms with van der Waals surface area (Å²) in [5.41, 5.74) is 3.02. The largest absolute Gasteiger partial charge is 0.256 e. The third-order valence-corrected chi connectivity index (χ3v) is 3.24. The molecule has 0 radical (unpaired) electrons. The summed E-state index contributed by atoms with van der Waals surface area (Å²) in [7, 11) is 0. The Morgan fingerprint density at radius 2 is 1.39 bits per heavy atom. The number of pyridine rings is 2. The van der Waals surface area contributed by atoms with E-state index >= 15 is 0 Å². The van der Waals surface area contributed by atoms with E-state index in [9.17, 15) is 0 Å². The first kappa shape index (κ1) is 9.54. The highest BCUT2D eigenvalue weighted by Gasteiger charge is 2.02. The maximum absolute atomic E-state index is 4.69. The Balaban J connectivity index is 2.20. The molecular formula is C16H10N2. The van der Waals surface area contributed by atoms with Crippen molar-refractivity contribution in [2.75, 3.05) is 0 Å². The molecule has 84 valence electrons. The average molecular weight is 230 g/mol. The van der Waals surface area contributed by atoms with Crippen LogP contribution in [-0.4, -0.2) is 9.97 Å². The van der Waals surface area contributed by atoms with E-state index in [4.69, 9.17) is 0 Å². The molecule has 0 N–H and O–H groups in total. The summed E-state index contributed by atoms with van der Waals surface area (Å²) in [5, 5.41) is 3.49. The van der Waals surface area contributed by atoms with Crippen LogP contribution in [0.4, 0.5) is 0 Å². The van der Waals surface area contributed by atoms with Crippen LogP contribution in [-0.2, 0) is 0 Å². The first-order chi connectivity index (χ1) is 8.90. The van der Waals surface area contributed by atoms with E-state index in [1.807, 2.05) is 30.5 Å². The fourth-order valence-corrected chi connectivity index (χ4v) is 2.35. The molecule has 0 amide bonds. The lowest BCUT2D eigenvalue weighted by atomic mass is 10.1. The molecule has 4 aromatic rings. The van der Waals surface area contributed by atoms with E-state index in [0.717, 1.165) is 27.3 Å². The summed E-state index contributed by atoms with van der Waals surface area (Å²) < 4.78 is 0. The Labute approximate surface area is 104 Å². The number of fused-ring (bicyclic) bond motifs is 3. The van der Waals surface area contributed by atoms with Crippen molar-refractivity contribution in [3.05, 3.63) is 60.8 Å². The minimum Gasteiger partial charge on any atom is -0.256 e. The molecule has 0 saturated carbocycles. The van der Waals surface area contributed by atoms with Crippen LogP contribution in [0.15, 0.2) is 60.8 Å². The van der Waals surface area contributed by atoms with Crippen molar-refractivity contribution in [2.24, 2.45) is 0 Å². The molecule has 0 saturated heterocycles. The number of aromatic nitrogens is 2. The Kier molecular flexibility index (Phi) is 1.86. The van der Waals surface area contributed by atoms with E-state index in [0.29, 0.717) is 0 Å². The molecule has 2 heteroatoms. The van der Waals surface area contributed by atoms with Gasteiger partial charge in [0.2, 0.25) is 0 Å². The number of benzene rings is 2. The van der Waals surface area contributed by atoms with Gasteiger partial charge in [0.1, 0.15) is 0 Å². The highest BCUT2D eigenvalue weighted by Crippen LogP contribution is 2.23. The summed E-state index contributed by atoms with van der Waals surface area (Å²) in [6.45, 7) is 0. The molecule has 2 heterocycles. The SMILES string of the molecule is c1cnc2cc3nc4ccccc4cc3cc2c1. The average Bonchev–Trinajstić information content (AvgIpc) is 2.42. The van der Waals surface area contributed by atoms with Gasteiger partial charge >= 0.3 is 0 Å². The Bertz CT molecular complexity index is 737. The van der Waals surface area contributed by atoms with E-state index in [2.05, 4.69) is 40.3 Å². The standard InChI is InChI=1S/C16H10N2/c1-2-6-14-11(4-1)8-13-9-12-5-3-7-17-15(12)10-16(13)18-14/h1-10H. The molecule has 2 aromatic heterocycles. The summed E-state index contributed by atoms with van der Waals surface area (Å²) in [6.07, 6.45) is 1.81. The second-order valence-corrected chi connectivity index (χ2v) is 4.42. The summed E-state index contributed by atoms with van der Waals surface area (Å²) in [5.74, 6) is 0. The fraction of sp³-hybridized carbons (Fsp3) is 0. The van der Waals surface area contributed by atoms with E-state index in [1.165, 1.54) is 5.39 Å². The normalized spacial score (nSPS) is 11.3. The molecule has 0 aliphatic heterocycles. The van der Waals surface area contributed by atoms with Crippen molar-refractivity contribution in [3.63, 3.8) is 0 Å². The number of hydrogen-bond donors (Lipinski definition) is 0. The first-order valence-corrected chi connectivity index (χ1v) is 5.94. The molecule has 0 bridgehead atoms. The predicted molar refractivity (Wildman–Crippen MR) is 74.6 cm³/mol. The van der Waals surface area contributed by atoms with Gasteiger partial charge in [0, 0.05) is 22.4 Å². The lowest BCUT2D eigenvalue weighted by Crippen LogP contribution is -1.84. The van der Waals surface area contributed by atoms with Crippen molar-refractivity contribution >= 4 is 32.7 Å². The van der Waals surface area contributed by atoms with Crippen LogP contribution in [0.3, 0.4) is 0 Å². The Hall–Kier alpha value is -2.48. The van der Waals surface area contributed by atoms with Gasteiger partial charge in [-0.15, -0.1) is 0 Å². The molecule has 2 nitrogen and oxygen atoms in total. The second kappa shape index (κ2) is 3.50. The van der Waals surface area contributed by atoms with Gasteiger partial charge in [-0.25, -0.2) is 4.98 Å². The molecule has 2 aromatic carbocycles. The number of para-hydroxylation sites is 1. The van der Waals surface area contributed by atoms with Crippen LogP contribution in [0.1, 0.15) is 0 Å². The molecule has 18 heavy (non-hydrogen) atoms. The van der Waals surface area contributed by atoms with E-state index in [1.54, 1.807) is 0 Å². The molecule has 0 spiro atoms. The zero-order chi connectivity index (χ0) is 11.9. The third kappa shape index (κ3) is 1.36. The van der Waals surface area contributed by atoms with Crippen molar-refractivity contribution in [1.82, 2.24) is 9.97 Å². The maximum atomic E-state index is 4.69. The zero-order valence-electron chi connectivity index (χ0n) is 9.67. The predicted octanol–water partition coefficient (Wildman–Crippen LogP) is 3.94. The van der Waals surface area contributed by atoms with Gasteiger partial charge in [-0.3, -0.25) is 4.98 Å². The smallest absolute Gasteiger partial charge is 0.0731 e. The summed E-state index contributed by atoms with van der Waals surface area (Å²) in [4.78, 5) is 9.06. The van der Waals surface area contributed by atoms with Gasteiger partial charge in [-0.05, 0) is 30.3 Å². The second-order valence-electron chi connectivity index (χ2n) is 4.42. The lowest BCUT2D eigenvalue weighted by molar-refractivity contribution is 1.41. The fourth-order valence-electron chi connectivity index (χ4n) is 2.35. The molecular weight excluding hydrogens is 220 g/mol. The van der Waals surface area contributed by atoms with E-state index < -0.39 is 0 Å². The Morgan fingerprint density at radius 1 is 0.611 bits per heavy atom. The van der Waals surface area contributed by atoms with Crippen molar-refractivity contribution in [1.29, 1.82) is 0 Å².